The number of imide groups is 1. The van der Waals surface area contributed by atoms with E-state index in [0.29, 0.717) is 5.92 Å². The van der Waals surface area contributed by atoms with Crippen LogP contribution in [0, 0.1) is 5.92 Å². The van der Waals surface area contributed by atoms with Gasteiger partial charge in [0.05, 0.1) is 17.4 Å². The van der Waals surface area contributed by atoms with Crippen molar-refractivity contribution in [3.8, 4) is 5.69 Å². The number of hydrogen-bond acceptors (Lipinski definition) is 6. The fourth-order valence-electron chi connectivity index (χ4n) is 4.76. The number of carbonyl (C=O) groups is 2. The summed E-state index contributed by atoms with van der Waals surface area (Å²) >= 11 is 0. The van der Waals surface area contributed by atoms with E-state index in [2.05, 4.69) is 38.8 Å². The molecule has 0 atom stereocenters. The lowest BCUT2D eigenvalue weighted by Gasteiger charge is -2.38. The van der Waals surface area contributed by atoms with E-state index < -0.39 is 23.4 Å². The highest BCUT2D eigenvalue weighted by Gasteiger charge is 2.39. The van der Waals surface area contributed by atoms with Gasteiger partial charge in [-0.3, -0.25) is 9.25 Å². The molecule has 5 rings (SSSR count). The van der Waals surface area contributed by atoms with Gasteiger partial charge in [-0.1, -0.05) is 0 Å². The summed E-state index contributed by atoms with van der Waals surface area (Å²) in [7, 11) is 0. The molecule has 2 amide bonds. The summed E-state index contributed by atoms with van der Waals surface area (Å²) in [5.41, 5.74) is 1.73. The van der Waals surface area contributed by atoms with Gasteiger partial charge in [0, 0.05) is 36.4 Å². The zero-order chi connectivity index (χ0) is 26.5. The Labute approximate surface area is 217 Å². The van der Waals surface area contributed by atoms with Gasteiger partial charge in [0.2, 0.25) is 0 Å². The minimum atomic E-state index is -0.707. The molecule has 0 spiro atoms. The third-order valence-corrected chi connectivity index (χ3v) is 6.67. The maximum Gasteiger partial charge on any atom is 0.419 e. The van der Waals surface area contributed by atoms with Crippen molar-refractivity contribution in [2.45, 2.75) is 90.4 Å². The second-order valence-electron chi connectivity index (χ2n) is 12.3. The van der Waals surface area contributed by atoms with E-state index in [1.54, 1.807) is 41.5 Å². The molecule has 198 valence electrons. The number of hydrogen-bond donors (Lipinski definition) is 0. The van der Waals surface area contributed by atoms with Crippen molar-refractivity contribution in [3.63, 3.8) is 0 Å². The Kier molecular flexibility index (Phi) is 6.28. The topological polar surface area (TPSA) is 91.5 Å². The van der Waals surface area contributed by atoms with Crippen LogP contribution >= 0.6 is 0 Å². The average molecular weight is 508 g/mol. The Morgan fingerprint density at radius 1 is 1.03 bits per heavy atom. The Bertz CT molecular complexity index is 1270. The maximum absolute atomic E-state index is 12.9. The van der Waals surface area contributed by atoms with Crippen LogP contribution in [0.15, 0.2) is 36.8 Å². The molecule has 0 radical (unpaired) electrons. The first-order valence-corrected chi connectivity index (χ1v) is 13.1. The predicted molar refractivity (Wildman–Crippen MR) is 140 cm³/mol. The van der Waals surface area contributed by atoms with Gasteiger partial charge in [0.1, 0.15) is 16.8 Å². The van der Waals surface area contributed by atoms with E-state index in [0.717, 1.165) is 53.0 Å². The molecule has 3 aromatic heterocycles. The minimum Gasteiger partial charge on any atom is -0.443 e. The number of nitrogens with zero attached hydrogens (tertiary/aromatic N) is 5. The Morgan fingerprint density at radius 2 is 1.68 bits per heavy atom. The second-order valence-corrected chi connectivity index (χ2v) is 12.3. The van der Waals surface area contributed by atoms with Gasteiger partial charge in [-0.05, 0) is 91.3 Å². The highest BCUT2D eigenvalue weighted by Crippen LogP contribution is 2.45. The summed E-state index contributed by atoms with van der Waals surface area (Å²) in [4.78, 5) is 31.4. The van der Waals surface area contributed by atoms with Crippen molar-refractivity contribution in [1.82, 2.24) is 24.2 Å². The summed E-state index contributed by atoms with van der Waals surface area (Å²) in [5.74, 6) is 0.638. The monoisotopic (exact) mass is 507 g/mol. The van der Waals surface area contributed by atoms with E-state index in [1.165, 1.54) is 0 Å². The molecule has 2 aliphatic carbocycles. The van der Waals surface area contributed by atoms with Gasteiger partial charge in [-0.15, -0.1) is 0 Å². The summed E-state index contributed by atoms with van der Waals surface area (Å²) in [6, 6.07) is 6.31. The van der Waals surface area contributed by atoms with Crippen molar-refractivity contribution < 1.29 is 19.1 Å². The number of carbonyl (C=O) groups excluding carboxylic acids is 2. The predicted octanol–water partition coefficient (Wildman–Crippen LogP) is 6.22. The molecule has 3 heterocycles. The quantitative estimate of drug-likeness (QED) is 0.407. The molecule has 0 unspecified atom stereocenters. The first-order valence-electron chi connectivity index (χ1n) is 13.1. The molecule has 2 aliphatic rings. The molecule has 37 heavy (non-hydrogen) atoms. The Balaban J connectivity index is 1.31. The second kappa shape index (κ2) is 9.19. The zero-order valence-corrected chi connectivity index (χ0v) is 22.6. The van der Waals surface area contributed by atoms with Gasteiger partial charge in [-0.2, -0.15) is 5.10 Å². The average Bonchev–Trinajstić information content (AvgIpc) is 3.36. The smallest absolute Gasteiger partial charge is 0.419 e. The SMILES string of the molecule is CC(C)(C)OC(=O)N(CC1CC(n2cc(-n3ccc4cccnc43)c(C3CC3)n2)C1)C(=O)OC(C)(C)C. The lowest BCUT2D eigenvalue weighted by molar-refractivity contribution is -0.00641. The molecule has 0 saturated heterocycles. The molecule has 0 aromatic carbocycles. The molecular formula is C28H37N5O4. The van der Waals surface area contributed by atoms with Crippen molar-refractivity contribution >= 4 is 23.2 Å². The highest BCUT2D eigenvalue weighted by atomic mass is 16.6. The molecule has 9 nitrogen and oxygen atoms in total. The molecule has 3 aromatic rings. The van der Waals surface area contributed by atoms with Crippen LogP contribution in [0.3, 0.4) is 0 Å². The van der Waals surface area contributed by atoms with Gasteiger partial charge < -0.3 is 9.47 Å². The first-order chi connectivity index (χ1) is 17.4. The largest absolute Gasteiger partial charge is 0.443 e. The highest BCUT2D eigenvalue weighted by molar-refractivity contribution is 5.88. The first kappa shape index (κ1) is 25.3. The maximum atomic E-state index is 12.9. The Hall–Kier alpha value is -3.36. The number of pyridine rings is 1. The summed E-state index contributed by atoms with van der Waals surface area (Å²) < 4.78 is 15.2. The number of rotatable bonds is 5. The third kappa shape index (κ3) is 5.65. The number of fused-ring (bicyclic) bond motifs is 1. The van der Waals surface area contributed by atoms with E-state index in [4.69, 9.17) is 14.6 Å². The summed E-state index contributed by atoms with van der Waals surface area (Å²) in [6.45, 7) is 11.0. The number of aromatic nitrogens is 4. The van der Waals surface area contributed by atoms with Crippen LogP contribution in [0.2, 0.25) is 0 Å². The molecule has 9 heteroatoms. The summed E-state index contributed by atoms with van der Waals surface area (Å²) in [6.07, 6.45) is 8.61. The molecule has 2 fully saturated rings. The zero-order valence-electron chi connectivity index (χ0n) is 22.6. The van der Waals surface area contributed by atoms with Crippen molar-refractivity contribution in [2.24, 2.45) is 5.92 Å². The number of amides is 2. The molecular weight excluding hydrogens is 470 g/mol. The van der Waals surface area contributed by atoms with E-state index in [-0.39, 0.29) is 18.5 Å². The van der Waals surface area contributed by atoms with Crippen molar-refractivity contribution in [1.29, 1.82) is 0 Å². The lowest BCUT2D eigenvalue weighted by Crippen LogP contribution is -2.47. The van der Waals surface area contributed by atoms with E-state index >= 15 is 0 Å². The van der Waals surface area contributed by atoms with Crippen LogP contribution in [0.1, 0.15) is 84.9 Å². The third-order valence-electron chi connectivity index (χ3n) is 6.67. The fraction of sp³-hybridized carbons (Fsp3) is 0.571. The van der Waals surface area contributed by atoms with Crippen LogP contribution in [-0.2, 0) is 9.47 Å². The molecule has 2 saturated carbocycles. The van der Waals surface area contributed by atoms with Gasteiger partial charge >= 0.3 is 12.2 Å². The molecule has 0 bridgehead atoms. The molecule has 0 N–H and O–H groups in total. The van der Waals surface area contributed by atoms with Crippen molar-refractivity contribution in [3.05, 3.63) is 42.5 Å². The van der Waals surface area contributed by atoms with Crippen LogP contribution in [0.4, 0.5) is 9.59 Å². The summed E-state index contributed by atoms with van der Waals surface area (Å²) in [5, 5.41) is 6.11. The number of ether oxygens (including phenoxy) is 2. The van der Waals surface area contributed by atoms with Crippen LogP contribution in [0.5, 0.6) is 0 Å². The van der Waals surface area contributed by atoms with Crippen molar-refractivity contribution in [2.75, 3.05) is 6.54 Å². The van der Waals surface area contributed by atoms with Crippen LogP contribution in [0.25, 0.3) is 16.7 Å². The van der Waals surface area contributed by atoms with Crippen LogP contribution < -0.4 is 0 Å². The van der Waals surface area contributed by atoms with Gasteiger partial charge in [0.15, 0.2) is 0 Å². The fourth-order valence-corrected chi connectivity index (χ4v) is 4.76. The van der Waals surface area contributed by atoms with E-state index in [9.17, 15) is 9.59 Å². The standard InChI is InChI=1S/C28H37N5O4/c1-27(2,3)36-25(34)32(26(35)37-28(4,5)6)16-18-14-21(15-18)33-17-22(23(30-33)19-9-10-19)31-13-11-20-8-7-12-29-24(20)31/h7-8,11-13,17-19,21H,9-10,14-16H2,1-6H3. The lowest BCUT2D eigenvalue weighted by atomic mass is 9.80. The van der Waals surface area contributed by atoms with Gasteiger partial charge in [0.25, 0.3) is 0 Å². The van der Waals surface area contributed by atoms with E-state index in [1.807, 2.05) is 12.3 Å². The van der Waals surface area contributed by atoms with Crippen LogP contribution in [-0.4, -0.2) is 54.2 Å². The van der Waals surface area contributed by atoms with Gasteiger partial charge in [-0.25, -0.2) is 19.5 Å². The minimum absolute atomic E-state index is 0.149. The normalized spacial score (nSPS) is 19.9. The Morgan fingerprint density at radius 3 is 2.27 bits per heavy atom. The molecule has 0 aliphatic heterocycles.